The average molecular weight is 249 g/mol. The Kier molecular flexibility index (Phi) is 4.40. The van der Waals surface area contributed by atoms with E-state index in [4.69, 9.17) is 14.6 Å². The molecule has 1 aliphatic rings. The largest absolute Gasteiger partial charge is 0.479 e. The molecule has 2 unspecified atom stereocenters. The van der Waals surface area contributed by atoms with Gasteiger partial charge in [0.1, 0.15) is 18.2 Å². The highest BCUT2D eigenvalue weighted by Crippen LogP contribution is 2.21. The number of hydrogen-bond acceptors (Lipinski definition) is 6. The summed E-state index contributed by atoms with van der Waals surface area (Å²) in [5, 5.41) is 30.4. The van der Waals surface area contributed by atoms with Gasteiger partial charge >= 0.3 is 5.97 Å². The molecule has 1 amide bonds. The summed E-state index contributed by atoms with van der Waals surface area (Å²) in [7, 11) is 1.24. The van der Waals surface area contributed by atoms with Crippen LogP contribution < -0.4 is 5.32 Å². The molecule has 0 saturated carbocycles. The number of carbonyl (C=O) groups is 2. The van der Waals surface area contributed by atoms with Crippen LogP contribution in [-0.2, 0) is 19.1 Å². The summed E-state index contributed by atoms with van der Waals surface area (Å²) in [6.45, 7) is 1.22. The fraction of sp³-hybridized carbons (Fsp3) is 0.778. The van der Waals surface area contributed by atoms with Crippen LogP contribution in [0.15, 0.2) is 0 Å². The summed E-state index contributed by atoms with van der Waals surface area (Å²) in [6, 6.07) is -1.02. The molecular formula is C9H15NO7. The first-order valence-electron chi connectivity index (χ1n) is 4.92. The third-order valence-electron chi connectivity index (χ3n) is 2.45. The molecule has 8 nitrogen and oxygen atoms in total. The highest BCUT2D eigenvalue weighted by atomic mass is 16.7. The smallest absolute Gasteiger partial charge is 0.335 e. The number of ether oxygens (including phenoxy) is 2. The van der Waals surface area contributed by atoms with Gasteiger partial charge in [0.15, 0.2) is 12.4 Å². The molecule has 8 heteroatoms. The van der Waals surface area contributed by atoms with Crippen molar-refractivity contribution in [2.45, 2.75) is 37.6 Å². The number of aliphatic hydroxyl groups excluding tert-OH is 2. The molecule has 98 valence electrons. The first kappa shape index (κ1) is 13.8. The Labute approximate surface area is 97.1 Å². The number of amides is 1. The standard InChI is InChI=1S/C9H15NO7/c1-3(11)10-4-5(12)6(13)7(8(14)15)17-9(4)16-2/h4-7,9,12-13H,1-2H3,(H,10,11)(H,14,15)/t4-,5?,6+,7?,9+/m0/s1. The normalized spacial score (nSPS) is 37.5. The Balaban J connectivity index is 2.86. The van der Waals surface area contributed by atoms with Crippen LogP contribution in [-0.4, -0.2) is 64.9 Å². The van der Waals surface area contributed by atoms with E-state index >= 15 is 0 Å². The fourth-order valence-corrected chi connectivity index (χ4v) is 1.66. The van der Waals surface area contributed by atoms with Gasteiger partial charge in [-0.3, -0.25) is 4.79 Å². The minimum absolute atomic E-state index is 0.458. The van der Waals surface area contributed by atoms with Gasteiger partial charge in [0.2, 0.25) is 5.91 Å². The zero-order valence-corrected chi connectivity index (χ0v) is 9.36. The third kappa shape index (κ3) is 2.91. The van der Waals surface area contributed by atoms with Crippen LogP contribution in [0.25, 0.3) is 0 Å². The maximum atomic E-state index is 10.9. The zero-order valence-electron chi connectivity index (χ0n) is 9.36. The molecule has 17 heavy (non-hydrogen) atoms. The van der Waals surface area contributed by atoms with Gasteiger partial charge in [0.05, 0.1) is 0 Å². The number of nitrogens with one attached hydrogen (secondary N) is 1. The van der Waals surface area contributed by atoms with Gasteiger partial charge in [-0.25, -0.2) is 4.79 Å². The Morgan fingerprint density at radius 1 is 1.29 bits per heavy atom. The highest BCUT2D eigenvalue weighted by Gasteiger charge is 2.48. The molecule has 1 rings (SSSR count). The van der Waals surface area contributed by atoms with Gasteiger partial charge < -0.3 is 30.1 Å². The van der Waals surface area contributed by atoms with Crippen LogP contribution in [0.2, 0.25) is 0 Å². The van der Waals surface area contributed by atoms with Crippen molar-refractivity contribution in [3.05, 3.63) is 0 Å². The summed E-state index contributed by atoms with van der Waals surface area (Å²) >= 11 is 0. The number of carboxylic acids is 1. The lowest BCUT2D eigenvalue weighted by Crippen LogP contribution is -2.65. The quantitative estimate of drug-likeness (QED) is 0.442. The molecule has 0 aliphatic carbocycles. The molecule has 1 fully saturated rings. The third-order valence-corrected chi connectivity index (χ3v) is 2.45. The van der Waals surface area contributed by atoms with Gasteiger partial charge in [-0.1, -0.05) is 0 Å². The maximum Gasteiger partial charge on any atom is 0.335 e. The van der Waals surface area contributed by atoms with E-state index in [2.05, 4.69) is 5.32 Å². The van der Waals surface area contributed by atoms with Gasteiger partial charge in [-0.15, -0.1) is 0 Å². The van der Waals surface area contributed by atoms with Crippen molar-refractivity contribution in [2.75, 3.05) is 7.11 Å². The summed E-state index contributed by atoms with van der Waals surface area (Å²) in [4.78, 5) is 21.7. The Bertz CT molecular complexity index is 306. The monoisotopic (exact) mass is 249 g/mol. The van der Waals surface area contributed by atoms with Crippen molar-refractivity contribution < 1.29 is 34.4 Å². The van der Waals surface area contributed by atoms with E-state index in [1.807, 2.05) is 0 Å². The second-order valence-corrected chi connectivity index (χ2v) is 3.71. The molecule has 1 heterocycles. The van der Waals surface area contributed by atoms with Gasteiger partial charge in [0.25, 0.3) is 0 Å². The van der Waals surface area contributed by atoms with E-state index in [9.17, 15) is 19.8 Å². The van der Waals surface area contributed by atoms with Crippen LogP contribution in [0, 0.1) is 0 Å². The highest BCUT2D eigenvalue weighted by molar-refractivity contribution is 5.74. The number of carboxylic acid groups (broad SMARTS) is 1. The van der Waals surface area contributed by atoms with Crippen LogP contribution in [0.5, 0.6) is 0 Å². The molecule has 5 atom stereocenters. The van der Waals surface area contributed by atoms with Crippen molar-refractivity contribution in [1.29, 1.82) is 0 Å². The average Bonchev–Trinajstić information content (AvgIpc) is 2.24. The molecule has 0 radical (unpaired) electrons. The molecule has 0 aromatic heterocycles. The second kappa shape index (κ2) is 5.41. The molecule has 4 N–H and O–H groups in total. The first-order chi connectivity index (χ1) is 7.88. The van der Waals surface area contributed by atoms with E-state index < -0.39 is 42.5 Å². The van der Waals surface area contributed by atoms with Gasteiger partial charge in [-0.2, -0.15) is 0 Å². The lowest BCUT2D eigenvalue weighted by molar-refractivity contribution is -0.257. The number of aliphatic carboxylic acids is 1. The number of rotatable bonds is 3. The molecule has 1 aliphatic heterocycles. The minimum Gasteiger partial charge on any atom is -0.479 e. The molecule has 0 bridgehead atoms. The van der Waals surface area contributed by atoms with E-state index in [-0.39, 0.29) is 0 Å². The topological polar surface area (TPSA) is 125 Å². The van der Waals surface area contributed by atoms with Gasteiger partial charge in [-0.05, 0) is 0 Å². The van der Waals surface area contributed by atoms with Crippen LogP contribution in [0.4, 0.5) is 0 Å². The Hall–Kier alpha value is -1.22. The van der Waals surface area contributed by atoms with Crippen molar-refractivity contribution in [1.82, 2.24) is 5.32 Å². The lowest BCUT2D eigenvalue weighted by atomic mass is 9.96. The molecular weight excluding hydrogens is 234 g/mol. The van der Waals surface area contributed by atoms with Gasteiger partial charge in [0, 0.05) is 14.0 Å². The number of methoxy groups -OCH3 is 1. The van der Waals surface area contributed by atoms with E-state index in [0.717, 1.165) is 0 Å². The second-order valence-electron chi connectivity index (χ2n) is 3.71. The fourth-order valence-electron chi connectivity index (χ4n) is 1.66. The number of aliphatic hydroxyl groups is 2. The lowest BCUT2D eigenvalue weighted by Gasteiger charge is -2.40. The van der Waals surface area contributed by atoms with E-state index in [1.54, 1.807) is 0 Å². The molecule has 1 saturated heterocycles. The molecule has 0 spiro atoms. The predicted molar refractivity (Wildman–Crippen MR) is 52.9 cm³/mol. The van der Waals surface area contributed by atoms with Crippen LogP contribution in [0.3, 0.4) is 0 Å². The Morgan fingerprint density at radius 3 is 2.29 bits per heavy atom. The van der Waals surface area contributed by atoms with Crippen molar-refractivity contribution in [3.8, 4) is 0 Å². The summed E-state index contributed by atoms with van der Waals surface area (Å²) in [5.41, 5.74) is 0. The first-order valence-corrected chi connectivity index (χ1v) is 4.92. The van der Waals surface area contributed by atoms with Crippen molar-refractivity contribution in [3.63, 3.8) is 0 Å². The molecule has 0 aromatic carbocycles. The Morgan fingerprint density at radius 2 is 1.88 bits per heavy atom. The molecule has 0 aromatic rings. The predicted octanol–water partition coefficient (Wildman–Crippen LogP) is -2.33. The zero-order chi connectivity index (χ0) is 13.2. The number of hydrogen-bond donors (Lipinski definition) is 4. The van der Waals surface area contributed by atoms with E-state index in [0.29, 0.717) is 0 Å². The van der Waals surface area contributed by atoms with Crippen molar-refractivity contribution >= 4 is 11.9 Å². The minimum atomic E-state index is -1.64. The summed E-state index contributed by atoms with van der Waals surface area (Å²) in [6.07, 6.45) is -5.87. The number of carbonyl (C=O) groups excluding carboxylic acids is 1. The van der Waals surface area contributed by atoms with E-state index in [1.165, 1.54) is 14.0 Å². The maximum absolute atomic E-state index is 10.9. The summed E-state index contributed by atoms with van der Waals surface area (Å²) in [5.74, 6) is -1.87. The SMILES string of the molecule is CO[C@@H]1OC(C(=O)O)[C@H](O)C(O)[C@@H]1NC(C)=O. The van der Waals surface area contributed by atoms with Crippen LogP contribution in [0.1, 0.15) is 6.92 Å². The van der Waals surface area contributed by atoms with Crippen molar-refractivity contribution in [2.24, 2.45) is 0 Å². The summed E-state index contributed by atoms with van der Waals surface area (Å²) < 4.78 is 9.78. The van der Waals surface area contributed by atoms with Crippen LogP contribution >= 0.6 is 0 Å².